The van der Waals surface area contributed by atoms with Crippen molar-refractivity contribution in [2.45, 2.75) is 26.9 Å². The van der Waals surface area contributed by atoms with E-state index in [1.807, 2.05) is 24.3 Å². The highest BCUT2D eigenvalue weighted by molar-refractivity contribution is 6.34. The maximum absolute atomic E-state index is 12.5. The van der Waals surface area contributed by atoms with E-state index in [0.717, 1.165) is 5.56 Å². The van der Waals surface area contributed by atoms with E-state index in [1.54, 1.807) is 19.1 Å². The van der Waals surface area contributed by atoms with Crippen LogP contribution in [-0.2, 0) is 17.9 Å². The fourth-order valence-electron chi connectivity index (χ4n) is 2.68. The second kappa shape index (κ2) is 9.43. The number of anilines is 1. The first kappa shape index (κ1) is 20.7. The number of ether oxygens (including phenoxy) is 1. The molecule has 29 heavy (non-hydrogen) atoms. The molecule has 0 atom stereocenters. The van der Waals surface area contributed by atoms with E-state index in [1.165, 1.54) is 24.3 Å². The minimum atomic E-state index is -0.556. The Bertz CT molecular complexity index is 981. The average Bonchev–Trinajstić information content (AvgIpc) is 2.72. The van der Waals surface area contributed by atoms with Crippen LogP contribution in [-0.4, -0.2) is 27.4 Å². The van der Waals surface area contributed by atoms with Crippen molar-refractivity contribution in [2.75, 3.05) is 11.4 Å². The molecule has 0 unspecified atom stereocenters. The smallest absolute Gasteiger partial charge is 0.225 e. The van der Waals surface area contributed by atoms with E-state index >= 15 is 0 Å². The molecule has 0 aliphatic carbocycles. The molecule has 0 radical (unpaired) electrons. The normalized spacial score (nSPS) is 10.6. The molecule has 0 saturated heterocycles. The van der Waals surface area contributed by atoms with E-state index in [-0.39, 0.29) is 5.91 Å². The van der Waals surface area contributed by atoms with Crippen LogP contribution >= 0.6 is 11.6 Å². The Morgan fingerprint density at radius 3 is 2.45 bits per heavy atom. The van der Waals surface area contributed by atoms with Crippen molar-refractivity contribution >= 4 is 23.3 Å². The summed E-state index contributed by atoms with van der Waals surface area (Å²) in [5.41, 5.74) is 2.14. The Kier molecular flexibility index (Phi) is 6.72. The van der Waals surface area contributed by atoms with E-state index in [0.29, 0.717) is 46.7 Å². The Balaban J connectivity index is 1.65. The number of pyridine rings is 1. The topological polar surface area (TPSA) is 68.2 Å². The van der Waals surface area contributed by atoms with Gasteiger partial charge in [0, 0.05) is 31.3 Å². The van der Waals surface area contributed by atoms with Crippen molar-refractivity contribution in [1.82, 2.24) is 15.0 Å². The molecular weight excluding hydrogens is 395 g/mol. The van der Waals surface area contributed by atoms with E-state index < -0.39 is 6.67 Å². The van der Waals surface area contributed by atoms with Gasteiger partial charge in [0.05, 0.1) is 5.69 Å². The average molecular weight is 415 g/mol. The van der Waals surface area contributed by atoms with Gasteiger partial charge in [-0.1, -0.05) is 23.7 Å². The van der Waals surface area contributed by atoms with E-state index in [2.05, 4.69) is 15.0 Å². The number of nitrogens with zero attached hydrogens (tertiary/aromatic N) is 4. The summed E-state index contributed by atoms with van der Waals surface area (Å²) < 4.78 is 18.2. The van der Waals surface area contributed by atoms with Crippen LogP contribution in [0, 0.1) is 6.92 Å². The molecule has 0 bridgehead atoms. The zero-order valence-electron chi connectivity index (χ0n) is 16.1. The summed E-state index contributed by atoms with van der Waals surface area (Å²) in [7, 11) is 0. The maximum atomic E-state index is 12.5. The second-order valence-corrected chi connectivity index (χ2v) is 6.78. The predicted molar refractivity (Wildman–Crippen MR) is 109 cm³/mol. The van der Waals surface area contributed by atoms with Crippen LogP contribution in [0.1, 0.15) is 23.7 Å². The lowest BCUT2D eigenvalue weighted by atomic mass is 10.1. The molecule has 6 nitrogen and oxygen atoms in total. The van der Waals surface area contributed by atoms with Crippen LogP contribution in [0.5, 0.6) is 11.6 Å². The van der Waals surface area contributed by atoms with Gasteiger partial charge in [-0.15, -0.1) is 0 Å². The monoisotopic (exact) mass is 414 g/mol. The SMILES string of the molecule is CC(=O)N(CCc1ccc(Oc2ccc(CF)cn2)cc1)c1ncnc(C)c1Cl. The Morgan fingerprint density at radius 1 is 1.10 bits per heavy atom. The molecule has 0 fully saturated rings. The van der Waals surface area contributed by atoms with Gasteiger partial charge in [0.2, 0.25) is 11.8 Å². The van der Waals surface area contributed by atoms with E-state index in [9.17, 15) is 9.18 Å². The fraction of sp³-hybridized carbons (Fsp3) is 0.238. The number of alkyl halides is 1. The number of hydrogen-bond donors (Lipinski definition) is 0. The van der Waals surface area contributed by atoms with Gasteiger partial charge in [0.15, 0.2) is 5.82 Å². The third-order valence-electron chi connectivity index (χ3n) is 4.30. The number of carbonyl (C=O) groups is 1. The molecule has 2 heterocycles. The van der Waals surface area contributed by atoms with Crippen LogP contribution < -0.4 is 9.64 Å². The minimum Gasteiger partial charge on any atom is -0.439 e. The lowest BCUT2D eigenvalue weighted by Crippen LogP contribution is -2.32. The fourth-order valence-corrected chi connectivity index (χ4v) is 2.88. The largest absolute Gasteiger partial charge is 0.439 e. The molecule has 0 saturated carbocycles. The summed E-state index contributed by atoms with van der Waals surface area (Å²) in [4.78, 5) is 25.9. The highest BCUT2D eigenvalue weighted by Gasteiger charge is 2.18. The first-order chi connectivity index (χ1) is 14.0. The Labute approximate surface area is 173 Å². The number of aromatic nitrogens is 3. The third-order valence-corrected chi connectivity index (χ3v) is 4.75. The zero-order valence-corrected chi connectivity index (χ0v) is 16.9. The van der Waals surface area contributed by atoms with Gasteiger partial charge < -0.3 is 4.74 Å². The third kappa shape index (κ3) is 5.26. The second-order valence-electron chi connectivity index (χ2n) is 6.40. The molecule has 0 spiro atoms. The maximum Gasteiger partial charge on any atom is 0.225 e. The molecule has 3 aromatic rings. The van der Waals surface area contributed by atoms with E-state index in [4.69, 9.17) is 16.3 Å². The van der Waals surface area contributed by atoms with Crippen LogP contribution in [0.2, 0.25) is 5.02 Å². The van der Waals surface area contributed by atoms with Crippen molar-refractivity contribution in [3.8, 4) is 11.6 Å². The summed E-state index contributed by atoms with van der Waals surface area (Å²) in [5.74, 6) is 1.28. The summed E-state index contributed by atoms with van der Waals surface area (Å²) in [6, 6.07) is 10.7. The molecule has 0 aliphatic rings. The van der Waals surface area contributed by atoms with Crippen molar-refractivity contribution in [2.24, 2.45) is 0 Å². The van der Waals surface area contributed by atoms with Crippen molar-refractivity contribution in [3.63, 3.8) is 0 Å². The number of amides is 1. The number of benzene rings is 1. The Hall–Kier alpha value is -3.06. The van der Waals surface area contributed by atoms with Gasteiger partial charge in [-0.05, 0) is 37.1 Å². The molecular formula is C21H20ClFN4O2. The summed E-state index contributed by atoms with van der Waals surface area (Å²) in [6.45, 7) is 3.12. The van der Waals surface area contributed by atoms with Crippen LogP contribution in [0.25, 0.3) is 0 Å². The van der Waals surface area contributed by atoms with Gasteiger partial charge in [0.1, 0.15) is 23.8 Å². The minimum absolute atomic E-state index is 0.146. The predicted octanol–water partition coefficient (Wildman–Crippen LogP) is 4.69. The number of halogens is 2. The highest BCUT2D eigenvalue weighted by Crippen LogP contribution is 2.26. The summed E-state index contributed by atoms with van der Waals surface area (Å²) in [6.07, 6.45) is 3.45. The first-order valence-corrected chi connectivity index (χ1v) is 9.38. The molecule has 0 aliphatic heterocycles. The van der Waals surface area contributed by atoms with Crippen molar-refractivity contribution in [3.05, 3.63) is 70.8 Å². The molecule has 8 heteroatoms. The van der Waals surface area contributed by atoms with Crippen LogP contribution in [0.3, 0.4) is 0 Å². The van der Waals surface area contributed by atoms with Gasteiger partial charge in [0.25, 0.3) is 0 Å². The lowest BCUT2D eigenvalue weighted by molar-refractivity contribution is -0.116. The molecule has 3 rings (SSSR count). The van der Waals surface area contributed by atoms with Gasteiger partial charge in [-0.2, -0.15) is 0 Å². The molecule has 0 N–H and O–H groups in total. The van der Waals surface area contributed by atoms with Crippen molar-refractivity contribution < 1.29 is 13.9 Å². The van der Waals surface area contributed by atoms with Gasteiger partial charge >= 0.3 is 0 Å². The van der Waals surface area contributed by atoms with Crippen LogP contribution in [0.15, 0.2) is 48.9 Å². The number of aryl methyl sites for hydroxylation is 1. The van der Waals surface area contributed by atoms with Gasteiger partial charge in [-0.3, -0.25) is 9.69 Å². The zero-order chi connectivity index (χ0) is 20.8. The number of hydrogen-bond acceptors (Lipinski definition) is 5. The summed E-state index contributed by atoms with van der Waals surface area (Å²) >= 11 is 6.27. The molecule has 1 amide bonds. The quantitative estimate of drug-likeness (QED) is 0.561. The molecule has 2 aromatic heterocycles. The first-order valence-electron chi connectivity index (χ1n) is 9.01. The molecule has 1 aromatic carbocycles. The molecule has 150 valence electrons. The summed E-state index contributed by atoms with van der Waals surface area (Å²) in [5, 5.41) is 0.373. The Morgan fingerprint density at radius 2 is 1.83 bits per heavy atom. The highest BCUT2D eigenvalue weighted by atomic mass is 35.5. The van der Waals surface area contributed by atoms with Crippen LogP contribution in [0.4, 0.5) is 10.2 Å². The van der Waals surface area contributed by atoms with Gasteiger partial charge in [-0.25, -0.2) is 19.3 Å². The lowest BCUT2D eigenvalue weighted by Gasteiger charge is -2.21. The van der Waals surface area contributed by atoms with Crippen molar-refractivity contribution in [1.29, 1.82) is 0 Å². The standard InChI is InChI=1S/C21H20ClFN4O2/c1-14-20(22)21(26-13-25-14)27(15(2)28)10-9-16-3-6-18(7-4-16)29-19-8-5-17(11-23)12-24-19/h3-8,12-13H,9-11H2,1-2H3. The number of carbonyl (C=O) groups excluding carboxylic acids is 1. The number of rotatable bonds is 7.